The van der Waals surface area contributed by atoms with Gasteiger partial charge in [-0.15, -0.1) is 12.4 Å². The van der Waals surface area contributed by atoms with Crippen molar-refractivity contribution >= 4 is 24.0 Å². The Bertz CT molecular complexity index is 762. The first kappa shape index (κ1) is 22.0. The molecule has 8 nitrogen and oxygen atoms in total. The van der Waals surface area contributed by atoms with Crippen molar-refractivity contribution in [3.63, 3.8) is 0 Å². The van der Waals surface area contributed by atoms with Crippen LogP contribution in [0.2, 0.25) is 0 Å². The number of carbonyl (C=O) groups excluding carboxylic acids is 1. The van der Waals surface area contributed by atoms with Gasteiger partial charge in [0.05, 0.1) is 19.8 Å². The molecule has 0 aliphatic carbocycles. The Morgan fingerprint density at radius 3 is 2.86 bits per heavy atom. The Morgan fingerprint density at radius 1 is 1.29 bits per heavy atom. The van der Waals surface area contributed by atoms with Gasteiger partial charge in [0, 0.05) is 31.6 Å². The van der Waals surface area contributed by atoms with E-state index in [1.165, 1.54) is 0 Å². The summed E-state index contributed by atoms with van der Waals surface area (Å²) in [6, 6.07) is 7.28. The number of aromatic nitrogens is 2. The van der Waals surface area contributed by atoms with Crippen LogP contribution < -0.4 is 20.1 Å². The Morgan fingerprint density at radius 2 is 2.14 bits per heavy atom. The summed E-state index contributed by atoms with van der Waals surface area (Å²) in [5, 5.41) is 10.7. The van der Waals surface area contributed by atoms with E-state index in [9.17, 15) is 4.79 Å². The fraction of sp³-hybridized carbons (Fsp3) is 0.474. The lowest BCUT2D eigenvalue weighted by molar-refractivity contribution is 0.102. The third-order valence-electron chi connectivity index (χ3n) is 4.45. The quantitative estimate of drug-likeness (QED) is 0.650. The highest BCUT2D eigenvalue weighted by Gasteiger charge is 2.18. The van der Waals surface area contributed by atoms with Crippen LogP contribution in [0.25, 0.3) is 0 Å². The predicted octanol–water partition coefficient (Wildman–Crippen LogP) is 2.52. The molecule has 0 radical (unpaired) electrons. The van der Waals surface area contributed by atoms with Gasteiger partial charge in [0.2, 0.25) is 0 Å². The number of nitrogens with one attached hydrogen (secondary N) is 2. The number of halogens is 1. The van der Waals surface area contributed by atoms with E-state index in [1.807, 2.05) is 10.9 Å². The average Bonchev–Trinajstić information content (AvgIpc) is 3.20. The fourth-order valence-corrected chi connectivity index (χ4v) is 3.02. The molecular formula is C19H27ClN4O4. The molecule has 0 bridgehead atoms. The molecule has 28 heavy (non-hydrogen) atoms. The molecule has 1 aromatic carbocycles. The van der Waals surface area contributed by atoms with Crippen LogP contribution >= 0.6 is 12.4 Å². The summed E-state index contributed by atoms with van der Waals surface area (Å²) in [5.74, 6) is 0.884. The maximum atomic E-state index is 12.5. The van der Waals surface area contributed by atoms with Gasteiger partial charge >= 0.3 is 0 Å². The number of nitrogens with zero attached hydrogens (tertiary/aromatic N) is 2. The third-order valence-corrected chi connectivity index (χ3v) is 4.45. The molecule has 9 heteroatoms. The van der Waals surface area contributed by atoms with Crippen molar-refractivity contribution < 1.29 is 19.0 Å². The zero-order chi connectivity index (χ0) is 19.1. The Balaban J connectivity index is 0.00000280. The van der Waals surface area contributed by atoms with Crippen molar-refractivity contribution in [2.24, 2.45) is 0 Å². The minimum atomic E-state index is -0.259. The second kappa shape index (κ2) is 10.9. The lowest BCUT2D eigenvalue weighted by Gasteiger charge is -2.22. The van der Waals surface area contributed by atoms with Gasteiger partial charge in [0.25, 0.3) is 5.91 Å². The van der Waals surface area contributed by atoms with Crippen LogP contribution in [-0.4, -0.2) is 56.2 Å². The van der Waals surface area contributed by atoms with Gasteiger partial charge in [-0.3, -0.25) is 9.48 Å². The zero-order valence-electron chi connectivity index (χ0n) is 16.1. The van der Waals surface area contributed by atoms with E-state index in [-0.39, 0.29) is 18.3 Å². The standard InChI is InChI=1S/C19H26N4O4.ClH/c1-25-10-11-27-18-12-14(5-6-17(18)26-2)21-19(24)16-7-9-23(22-16)15-4-3-8-20-13-15;/h5-7,9,12,15,20H,3-4,8,10-11,13H2,1-2H3,(H,21,24);1H. The number of carbonyl (C=O) groups is 1. The molecule has 1 atom stereocenters. The summed E-state index contributed by atoms with van der Waals surface area (Å²) >= 11 is 0. The number of benzene rings is 1. The second-order valence-electron chi connectivity index (χ2n) is 6.34. The molecule has 2 heterocycles. The molecule has 1 aromatic heterocycles. The topological polar surface area (TPSA) is 86.6 Å². The fourth-order valence-electron chi connectivity index (χ4n) is 3.02. The molecule has 2 N–H and O–H groups in total. The highest BCUT2D eigenvalue weighted by molar-refractivity contribution is 6.02. The monoisotopic (exact) mass is 410 g/mol. The van der Waals surface area contributed by atoms with Crippen LogP contribution in [0.4, 0.5) is 5.69 Å². The summed E-state index contributed by atoms with van der Waals surface area (Å²) in [6.45, 7) is 2.78. The van der Waals surface area contributed by atoms with Gasteiger partial charge in [-0.2, -0.15) is 5.10 Å². The normalized spacial score (nSPS) is 16.1. The molecule has 154 valence electrons. The van der Waals surface area contributed by atoms with Crippen molar-refractivity contribution in [1.29, 1.82) is 0 Å². The maximum Gasteiger partial charge on any atom is 0.276 e. The van der Waals surface area contributed by atoms with E-state index in [2.05, 4.69) is 15.7 Å². The summed E-state index contributed by atoms with van der Waals surface area (Å²) in [7, 11) is 3.18. The highest BCUT2D eigenvalue weighted by Crippen LogP contribution is 2.30. The van der Waals surface area contributed by atoms with E-state index < -0.39 is 0 Å². The third kappa shape index (κ3) is 5.60. The van der Waals surface area contributed by atoms with Crippen LogP contribution in [0.5, 0.6) is 11.5 Å². The number of rotatable bonds is 8. The number of amides is 1. The molecule has 3 rings (SSSR count). The molecule has 1 saturated heterocycles. The molecule has 1 fully saturated rings. The molecule has 0 spiro atoms. The van der Waals surface area contributed by atoms with Crippen molar-refractivity contribution in [3.8, 4) is 11.5 Å². The molecular weight excluding hydrogens is 384 g/mol. The van der Waals surface area contributed by atoms with Crippen LogP contribution in [0.1, 0.15) is 29.4 Å². The number of hydrogen-bond donors (Lipinski definition) is 2. The first-order chi connectivity index (χ1) is 13.2. The molecule has 2 aromatic rings. The van der Waals surface area contributed by atoms with Crippen molar-refractivity contribution in [2.45, 2.75) is 18.9 Å². The van der Waals surface area contributed by atoms with Crippen LogP contribution in [0, 0.1) is 0 Å². The molecule has 1 amide bonds. The SMILES string of the molecule is COCCOc1cc(NC(=O)c2ccn(C3CCCNC3)n2)ccc1OC.Cl. The number of methoxy groups -OCH3 is 2. The molecule has 1 unspecified atom stereocenters. The van der Waals surface area contributed by atoms with E-state index in [0.29, 0.717) is 42.1 Å². The van der Waals surface area contributed by atoms with Crippen LogP contribution in [0.3, 0.4) is 0 Å². The summed E-state index contributed by atoms with van der Waals surface area (Å²) in [5.41, 5.74) is 1.00. The van der Waals surface area contributed by atoms with Crippen LogP contribution in [0.15, 0.2) is 30.5 Å². The average molecular weight is 411 g/mol. The zero-order valence-corrected chi connectivity index (χ0v) is 17.0. The van der Waals surface area contributed by atoms with E-state index >= 15 is 0 Å². The van der Waals surface area contributed by atoms with Crippen molar-refractivity contribution in [1.82, 2.24) is 15.1 Å². The predicted molar refractivity (Wildman–Crippen MR) is 109 cm³/mol. The van der Waals surface area contributed by atoms with E-state index in [1.54, 1.807) is 38.5 Å². The van der Waals surface area contributed by atoms with Gasteiger partial charge in [0.1, 0.15) is 6.61 Å². The van der Waals surface area contributed by atoms with Crippen molar-refractivity contribution in [3.05, 3.63) is 36.2 Å². The van der Waals surface area contributed by atoms with Gasteiger partial charge in [0.15, 0.2) is 17.2 Å². The first-order valence-corrected chi connectivity index (χ1v) is 9.08. The number of piperidine rings is 1. The maximum absolute atomic E-state index is 12.5. The summed E-state index contributed by atoms with van der Waals surface area (Å²) in [4.78, 5) is 12.5. The Kier molecular flexibility index (Phi) is 8.56. The van der Waals surface area contributed by atoms with Crippen molar-refractivity contribution in [2.75, 3.05) is 45.8 Å². The minimum Gasteiger partial charge on any atom is -0.493 e. The minimum absolute atomic E-state index is 0. The van der Waals surface area contributed by atoms with Gasteiger partial charge in [-0.25, -0.2) is 0 Å². The summed E-state index contributed by atoms with van der Waals surface area (Å²) < 4.78 is 17.8. The Labute approximate surface area is 170 Å². The van der Waals surface area contributed by atoms with Crippen LogP contribution in [-0.2, 0) is 4.74 Å². The largest absolute Gasteiger partial charge is 0.493 e. The smallest absolute Gasteiger partial charge is 0.276 e. The van der Waals surface area contributed by atoms with Gasteiger partial charge in [-0.1, -0.05) is 0 Å². The number of hydrogen-bond acceptors (Lipinski definition) is 6. The number of ether oxygens (including phenoxy) is 3. The molecule has 0 saturated carbocycles. The van der Waals surface area contributed by atoms with Gasteiger partial charge < -0.3 is 24.8 Å². The highest BCUT2D eigenvalue weighted by atomic mass is 35.5. The molecule has 1 aliphatic heterocycles. The van der Waals surface area contributed by atoms with Gasteiger partial charge in [-0.05, 0) is 37.6 Å². The van der Waals surface area contributed by atoms with E-state index in [4.69, 9.17) is 14.2 Å². The first-order valence-electron chi connectivity index (χ1n) is 9.08. The Hall–Kier alpha value is -2.29. The molecule has 1 aliphatic rings. The lowest BCUT2D eigenvalue weighted by atomic mass is 10.1. The second-order valence-corrected chi connectivity index (χ2v) is 6.34. The lowest BCUT2D eigenvalue weighted by Crippen LogP contribution is -2.32. The van der Waals surface area contributed by atoms with E-state index in [0.717, 1.165) is 25.9 Å². The summed E-state index contributed by atoms with van der Waals surface area (Å²) in [6.07, 6.45) is 4.04. The number of anilines is 1.